The minimum absolute atomic E-state index is 0.0889. The van der Waals surface area contributed by atoms with Gasteiger partial charge in [0.05, 0.1) is 12.1 Å². The van der Waals surface area contributed by atoms with Gasteiger partial charge in [-0.1, -0.05) is 25.1 Å². The average Bonchev–Trinajstić information content (AvgIpc) is 2.28. The molecule has 2 N–H and O–H groups in total. The Morgan fingerprint density at radius 1 is 1.43 bits per heavy atom. The summed E-state index contributed by atoms with van der Waals surface area (Å²) in [4.78, 5) is 0. The maximum Gasteiger partial charge on any atom is 0.0661 e. The van der Waals surface area contributed by atoms with E-state index in [0.29, 0.717) is 0 Å². The van der Waals surface area contributed by atoms with Crippen LogP contribution in [-0.2, 0) is 6.42 Å². The smallest absolute Gasteiger partial charge is 0.0661 e. The van der Waals surface area contributed by atoms with Gasteiger partial charge in [0, 0.05) is 5.69 Å². The number of hydrogen-bond donors (Lipinski definition) is 2. The van der Waals surface area contributed by atoms with Crippen molar-refractivity contribution >= 4 is 5.69 Å². The van der Waals surface area contributed by atoms with Gasteiger partial charge < -0.3 is 10.4 Å². The first-order valence-corrected chi connectivity index (χ1v) is 5.26. The highest BCUT2D eigenvalue weighted by Gasteiger charge is 2.30. The Labute approximate surface area is 85.0 Å². The number of fused-ring (bicyclic) bond motifs is 1. The Hall–Kier alpha value is -1.02. The number of hydrogen-bond acceptors (Lipinski definition) is 2. The number of aliphatic hydroxyl groups is 1. The van der Waals surface area contributed by atoms with Crippen LogP contribution in [0.2, 0.25) is 0 Å². The van der Waals surface area contributed by atoms with Crippen LogP contribution in [0.1, 0.15) is 25.3 Å². The molecule has 0 fully saturated rings. The molecular weight excluding hydrogens is 174 g/mol. The first-order valence-electron chi connectivity index (χ1n) is 5.26. The van der Waals surface area contributed by atoms with Crippen molar-refractivity contribution in [1.29, 1.82) is 0 Å². The van der Waals surface area contributed by atoms with E-state index in [4.69, 9.17) is 0 Å². The molecule has 0 aromatic heterocycles. The van der Waals surface area contributed by atoms with E-state index in [-0.39, 0.29) is 12.1 Å². The van der Waals surface area contributed by atoms with Gasteiger partial charge in [-0.25, -0.2) is 0 Å². The van der Waals surface area contributed by atoms with E-state index in [1.807, 2.05) is 6.07 Å². The van der Waals surface area contributed by atoms with E-state index < -0.39 is 0 Å². The molecule has 1 atom stereocenters. The SMILES string of the molecule is CCC1(CO)CCc2ccccc2N1. The molecule has 1 aliphatic rings. The lowest BCUT2D eigenvalue weighted by Crippen LogP contribution is -2.44. The molecule has 0 aliphatic carbocycles. The van der Waals surface area contributed by atoms with Gasteiger partial charge in [-0.05, 0) is 30.9 Å². The molecule has 14 heavy (non-hydrogen) atoms. The van der Waals surface area contributed by atoms with Crippen LogP contribution in [0.4, 0.5) is 5.69 Å². The van der Waals surface area contributed by atoms with Crippen LogP contribution < -0.4 is 5.32 Å². The fourth-order valence-electron chi connectivity index (χ4n) is 2.08. The summed E-state index contributed by atoms with van der Waals surface area (Å²) < 4.78 is 0. The lowest BCUT2D eigenvalue weighted by molar-refractivity contribution is 0.195. The first-order chi connectivity index (χ1) is 6.79. The number of rotatable bonds is 2. The average molecular weight is 191 g/mol. The molecule has 1 aliphatic heterocycles. The summed E-state index contributed by atoms with van der Waals surface area (Å²) >= 11 is 0. The lowest BCUT2D eigenvalue weighted by atomic mass is 9.85. The highest BCUT2D eigenvalue weighted by molar-refractivity contribution is 5.55. The zero-order valence-electron chi connectivity index (χ0n) is 8.59. The number of anilines is 1. The van der Waals surface area contributed by atoms with Gasteiger partial charge >= 0.3 is 0 Å². The molecule has 1 aromatic carbocycles. The second kappa shape index (κ2) is 3.62. The van der Waals surface area contributed by atoms with Crippen LogP contribution in [-0.4, -0.2) is 17.3 Å². The summed E-state index contributed by atoms with van der Waals surface area (Å²) in [6.07, 6.45) is 3.06. The Kier molecular flexibility index (Phi) is 2.46. The minimum Gasteiger partial charge on any atom is -0.394 e. The largest absolute Gasteiger partial charge is 0.394 e. The van der Waals surface area contributed by atoms with Crippen LogP contribution in [0.5, 0.6) is 0 Å². The molecule has 0 radical (unpaired) electrons. The third-order valence-electron chi connectivity index (χ3n) is 3.27. The summed E-state index contributed by atoms with van der Waals surface area (Å²) in [6.45, 7) is 2.34. The molecule has 0 saturated heterocycles. The maximum absolute atomic E-state index is 9.40. The second-order valence-electron chi connectivity index (χ2n) is 4.07. The van der Waals surface area contributed by atoms with Gasteiger partial charge in [0.25, 0.3) is 0 Å². The van der Waals surface area contributed by atoms with Gasteiger partial charge in [0.2, 0.25) is 0 Å². The molecule has 1 unspecified atom stereocenters. The molecule has 2 rings (SSSR count). The zero-order valence-corrected chi connectivity index (χ0v) is 8.59. The topological polar surface area (TPSA) is 32.3 Å². The van der Waals surface area contributed by atoms with Gasteiger partial charge in [-0.3, -0.25) is 0 Å². The van der Waals surface area contributed by atoms with Crippen molar-refractivity contribution in [3.63, 3.8) is 0 Å². The van der Waals surface area contributed by atoms with Crippen molar-refractivity contribution in [3.8, 4) is 0 Å². The summed E-state index contributed by atoms with van der Waals surface area (Å²) in [5.41, 5.74) is 2.47. The number of aryl methyl sites for hydroxylation is 1. The Morgan fingerprint density at radius 3 is 2.93 bits per heavy atom. The van der Waals surface area contributed by atoms with Gasteiger partial charge in [0.15, 0.2) is 0 Å². The van der Waals surface area contributed by atoms with Crippen LogP contribution >= 0.6 is 0 Å². The van der Waals surface area contributed by atoms with Crippen molar-refractivity contribution in [2.75, 3.05) is 11.9 Å². The number of para-hydroxylation sites is 1. The summed E-state index contributed by atoms with van der Waals surface area (Å²) in [7, 11) is 0. The molecule has 2 heteroatoms. The maximum atomic E-state index is 9.40. The fraction of sp³-hybridized carbons (Fsp3) is 0.500. The highest BCUT2D eigenvalue weighted by atomic mass is 16.3. The molecule has 0 spiro atoms. The Morgan fingerprint density at radius 2 is 2.21 bits per heavy atom. The van der Waals surface area contributed by atoms with E-state index in [1.165, 1.54) is 11.3 Å². The first kappa shape index (κ1) is 9.53. The predicted octanol–water partition coefficient (Wildman–Crippen LogP) is 2.19. The molecule has 1 aromatic rings. The van der Waals surface area contributed by atoms with E-state index in [0.717, 1.165) is 19.3 Å². The number of benzene rings is 1. The van der Waals surface area contributed by atoms with Gasteiger partial charge in [-0.15, -0.1) is 0 Å². The summed E-state index contributed by atoms with van der Waals surface area (Å²) in [5.74, 6) is 0. The van der Waals surface area contributed by atoms with Crippen molar-refractivity contribution < 1.29 is 5.11 Å². The minimum atomic E-state index is -0.0889. The third-order valence-corrected chi connectivity index (χ3v) is 3.27. The molecule has 0 saturated carbocycles. The summed E-state index contributed by atoms with van der Waals surface area (Å²) in [6, 6.07) is 8.35. The normalized spacial score (nSPS) is 25.3. The lowest BCUT2D eigenvalue weighted by Gasteiger charge is -2.38. The van der Waals surface area contributed by atoms with Crippen molar-refractivity contribution in [1.82, 2.24) is 0 Å². The van der Waals surface area contributed by atoms with Crippen LogP contribution in [0.3, 0.4) is 0 Å². The van der Waals surface area contributed by atoms with Crippen molar-refractivity contribution in [2.45, 2.75) is 31.7 Å². The van der Waals surface area contributed by atoms with E-state index in [9.17, 15) is 5.11 Å². The Balaban J connectivity index is 2.28. The van der Waals surface area contributed by atoms with E-state index in [2.05, 4.69) is 30.4 Å². The molecule has 2 nitrogen and oxygen atoms in total. The molecule has 0 bridgehead atoms. The standard InChI is InChI=1S/C12H17NO/c1-2-12(9-14)8-7-10-5-3-4-6-11(10)13-12/h3-6,13-14H,2,7-9H2,1H3. The number of aliphatic hydroxyl groups excluding tert-OH is 1. The highest BCUT2D eigenvalue weighted by Crippen LogP contribution is 2.32. The number of nitrogens with one attached hydrogen (secondary N) is 1. The predicted molar refractivity (Wildman–Crippen MR) is 58.5 cm³/mol. The second-order valence-corrected chi connectivity index (χ2v) is 4.07. The zero-order chi connectivity index (χ0) is 10.0. The quantitative estimate of drug-likeness (QED) is 0.751. The van der Waals surface area contributed by atoms with Crippen LogP contribution in [0.25, 0.3) is 0 Å². The van der Waals surface area contributed by atoms with E-state index >= 15 is 0 Å². The monoisotopic (exact) mass is 191 g/mol. The Bertz CT molecular complexity index is 318. The summed E-state index contributed by atoms with van der Waals surface area (Å²) in [5, 5.41) is 12.9. The molecular formula is C12H17NO. The fourth-order valence-corrected chi connectivity index (χ4v) is 2.08. The van der Waals surface area contributed by atoms with Crippen molar-refractivity contribution in [3.05, 3.63) is 29.8 Å². The van der Waals surface area contributed by atoms with Crippen molar-refractivity contribution in [2.24, 2.45) is 0 Å². The van der Waals surface area contributed by atoms with Crippen LogP contribution in [0, 0.1) is 0 Å². The molecule has 76 valence electrons. The third kappa shape index (κ3) is 1.50. The van der Waals surface area contributed by atoms with Gasteiger partial charge in [0.1, 0.15) is 0 Å². The molecule has 0 amide bonds. The molecule has 1 heterocycles. The van der Waals surface area contributed by atoms with Gasteiger partial charge in [-0.2, -0.15) is 0 Å². The van der Waals surface area contributed by atoms with E-state index in [1.54, 1.807) is 0 Å². The van der Waals surface area contributed by atoms with Crippen LogP contribution in [0.15, 0.2) is 24.3 Å².